The second kappa shape index (κ2) is 6.05. The predicted octanol–water partition coefficient (Wildman–Crippen LogP) is 2.44. The summed E-state index contributed by atoms with van der Waals surface area (Å²) in [6.07, 6.45) is 10.6. The van der Waals surface area contributed by atoms with Crippen LogP contribution in [0.25, 0.3) is 0 Å². The summed E-state index contributed by atoms with van der Waals surface area (Å²) in [5.74, 6) is 2.30. The van der Waals surface area contributed by atoms with Gasteiger partial charge in [-0.25, -0.2) is 0 Å². The van der Waals surface area contributed by atoms with Crippen molar-refractivity contribution in [3.8, 4) is 0 Å². The maximum Gasteiger partial charge on any atom is 0.229 e. The van der Waals surface area contributed by atoms with E-state index in [1.807, 2.05) is 0 Å². The van der Waals surface area contributed by atoms with E-state index in [0.717, 1.165) is 37.4 Å². The highest BCUT2D eigenvalue weighted by Crippen LogP contribution is 2.38. The van der Waals surface area contributed by atoms with Crippen molar-refractivity contribution in [2.24, 2.45) is 0 Å². The van der Waals surface area contributed by atoms with Crippen molar-refractivity contribution in [2.75, 3.05) is 13.1 Å². The Balaban J connectivity index is 1.29. The molecule has 3 aliphatic rings. The van der Waals surface area contributed by atoms with Gasteiger partial charge in [0.1, 0.15) is 0 Å². The van der Waals surface area contributed by atoms with Gasteiger partial charge in [0.25, 0.3) is 0 Å². The number of likely N-dealkylation sites (tertiary alicyclic amines) is 1. The minimum atomic E-state index is 0.560. The Hall–Kier alpha value is -0.940. The molecule has 5 nitrogen and oxygen atoms in total. The largest absolute Gasteiger partial charge is 0.339 e. The van der Waals surface area contributed by atoms with Crippen LogP contribution in [0.5, 0.6) is 0 Å². The van der Waals surface area contributed by atoms with E-state index in [0.29, 0.717) is 12.0 Å². The molecule has 0 unspecified atom stereocenters. The summed E-state index contributed by atoms with van der Waals surface area (Å²) in [5.41, 5.74) is 0. The van der Waals surface area contributed by atoms with Gasteiger partial charge in [-0.3, -0.25) is 4.90 Å². The standard InChI is InChI=1S/C16H26N4O/c1-2-5-13(4-1)17-14-6-3-9-20(10-14)11-15-18-16(21-19-15)12-7-8-12/h12-14,17H,1-11H2/t14-/m0/s1. The van der Waals surface area contributed by atoms with Crippen LogP contribution < -0.4 is 5.32 Å². The van der Waals surface area contributed by atoms with Crippen LogP contribution in [0.15, 0.2) is 4.52 Å². The maximum atomic E-state index is 5.36. The van der Waals surface area contributed by atoms with Crippen LogP contribution in [-0.2, 0) is 6.54 Å². The Kier molecular flexibility index (Phi) is 3.95. The molecule has 5 heteroatoms. The van der Waals surface area contributed by atoms with E-state index in [4.69, 9.17) is 4.52 Å². The Bertz CT molecular complexity index is 465. The molecule has 3 fully saturated rings. The van der Waals surface area contributed by atoms with Crippen molar-refractivity contribution >= 4 is 0 Å². The molecule has 1 atom stereocenters. The topological polar surface area (TPSA) is 54.2 Å². The summed E-state index contributed by atoms with van der Waals surface area (Å²) in [5, 5.41) is 8.01. The zero-order valence-corrected chi connectivity index (χ0v) is 12.8. The van der Waals surface area contributed by atoms with E-state index in [2.05, 4.69) is 20.4 Å². The molecule has 2 saturated carbocycles. The lowest BCUT2D eigenvalue weighted by Crippen LogP contribution is -2.48. The lowest BCUT2D eigenvalue weighted by atomic mass is 10.0. The second-order valence-electron chi connectivity index (χ2n) is 7.05. The zero-order chi connectivity index (χ0) is 14.1. The molecule has 1 N–H and O–H groups in total. The number of nitrogens with zero attached hydrogens (tertiary/aromatic N) is 3. The molecule has 21 heavy (non-hydrogen) atoms. The molecule has 1 saturated heterocycles. The second-order valence-corrected chi connectivity index (χ2v) is 7.05. The van der Waals surface area contributed by atoms with Gasteiger partial charge < -0.3 is 9.84 Å². The van der Waals surface area contributed by atoms with Crippen molar-refractivity contribution in [3.05, 3.63) is 11.7 Å². The van der Waals surface area contributed by atoms with Gasteiger partial charge in [0.15, 0.2) is 5.82 Å². The first-order valence-electron chi connectivity index (χ1n) is 8.68. The molecule has 0 aromatic carbocycles. The molecule has 0 radical (unpaired) electrons. The van der Waals surface area contributed by atoms with Crippen molar-refractivity contribution in [1.82, 2.24) is 20.4 Å². The maximum absolute atomic E-state index is 5.36. The lowest BCUT2D eigenvalue weighted by Gasteiger charge is -2.34. The zero-order valence-electron chi connectivity index (χ0n) is 12.8. The fourth-order valence-corrected chi connectivity index (χ4v) is 3.79. The first-order valence-corrected chi connectivity index (χ1v) is 8.68. The molecule has 1 aliphatic heterocycles. The third-order valence-electron chi connectivity index (χ3n) is 5.11. The minimum Gasteiger partial charge on any atom is -0.339 e. The van der Waals surface area contributed by atoms with Gasteiger partial charge in [-0.2, -0.15) is 4.98 Å². The molecular formula is C16H26N4O. The summed E-state index contributed by atoms with van der Waals surface area (Å²) in [6.45, 7) is 3.14. The van der Waals surface area contributed by atoms with Gasteiger partial charge in [0.05, 0.1) is 6.54 Å². The van der Waals surface area contributed by atoms with Gasteiger partial charge in [0.2, 0.25) is 5.89 Å². The summed E-state index contributed by atoms with van der Waals surface area (Å²) < 4.78 is 5.36. The van der Waals surface area contributed by atoms with Gasteiger partial charge in [-0.1, -0.05) is 18.0 Å². The van der Waals surface area contributed by atoms with Crippen LogP contribution in [0.1, 0.15) is 69.0 Å². The Morgan fingerprint density at radius 2 is 1.86 bits per heavy atom. The Morgan fingerprint density at radius 3 is 2.67 bits per heavy atom. The highest BCUT2D eigenvalue weighted by molar-refractivity contribution is 5.01. The molecule has 2 heterocycles. The number of piperidine rings is 1. The van der Waals surface area contributed by atoms with E-state index in [-0.39, 0.29) is 0 Å². The first-order chi connectivity index (χ1) is 10.4. The fraction of sp³-hybridized carbons (Fsp3) is 0.875. The number of nitrogens with one attached hydrogen (secondary N) is 1. The Labute approximate surface area is 126 Å². The molecular weight excluding hydrogens is 264 g/mol. The van der Waals surface area contributed by atoms with Crippen LogP contribution in [0.2, 0.25) is 0 Å². The van der Waals surface area contributed by atoms with Crippen molar-refractivity contribution in [2.45, 2.75) is 75.9 Å². The highest BCUT2D eigenvalue weighted by Gasteiger charge is 2.30. The molecule has 1 aromatic heterocycles. The van der Waals surface area contributed by atoms with E-state index >= 15 is 0 Å². The van der Waals surface area contributed by atoms with E-state index < -0.39 is 0 Å². The summed E-state index contributed by atoms with van der Waals surface area (Å²) in [4.78, 5) is 7.04. The average Bonchev–Trinajstić information content (AvgIpc) is 3.02. The molecule has 4 rings (SSSR count). The molecule has 2 aliphatic carbocycles. The molecule has 116 valence electrons. The van der Waals surface area contributed by atoms with Gasteiger partial charge in [-0.05, 0) is 45.1 Å². The van der Waals surface area contributed by atoms with Crippen molar-refractivity contribution < 1.29 is 4.52 Å². The normalized spacial score (nSPS) is 28.3. The molecule has 0 amide bonds. The van der Waals surface area contributed by atoms with Gasteiger partial charge >= 0.3 is 0 Å². The third-order valence-corrected chi connectivity index (χ3v) is 5.11. The fourth-order valence-electron chi connectivity index (χ4n) is 3.79. The van der Waals surface area contributed by atoms with E-state index in [1.54, 1.807) is 0 Å². The first kappa shape index (κ1) is 13.7. The molecule has 0 bridgehead atoms. The minimum absolute atomic E-state index is 0.560. The SMILES string of the molecule is C1CCC(N[C@H]2CCCN(Cc3noc(C4CC4)n3)C2)C1. The van der Waals surface area contributed by atoms with Crippen molar-refractivity contribution in [3.63, 3.8) is 0 Å². The summed E-state index contributed by atoms with van der Waals surface area (Å²) >= 11 is 0. The van der Waals surface area contributed by atoms with Crippen molar-refractivity contribution in [1.29, 1.82) is 0 Å². The van der Waals surface area contributed by atoms with Gasteiger partial charge in [-0.15, -0.1) is 0 Å². The smallest absolute Gasteiger partial charge is 0.229 e. The van der Waals surface area contributed by atoms with Crippen LogP contribution in [0.3, 0.4) is 0 Å². The Morgan fingerprint density at radius 1 is 1.05 bits per heavy atom. The molecule has 1 aromatic rings. The van der Waals surface area contributed by atoms with Crippen LogP contribution in [-0.4, -0.2) is 40.2 Å². The van der Waals surface area contributed by atoms with Crippen LogP contribution in [0.4, 0.5) is 0 Å². The lowest BCUT2D eigenvalue weighted by molar-refractivity contribution is 0.171. The van der Waals surface area contributed by atoms with E-state index in [9.17, 15) is 0 Å². The van der Waals surface area contributed by atoms with Gasteiger partial charge in [0, 0.05) is 24.5 Å². The average molecular weight is 290 g/mol. The summed E-state index contributed by atoms with van der Waals surface area (Å²) in [6, 6.07) is 1.42. The monoisotopic (exact) mass is 290 g/mol. The number of aromatic nitrogens is 2. The molecule has 0 spiro atoms. The number of rotatable bonds is 5. The van der Waals surface area contributed by atoms with Crippen LogP contribution >= 0.6 is 0 Å². The summed E-state index contributed by atoms with van der Waals surface area (Å²) in [7, 11) is 0. The quantitative estimate of drug-likeness (QED) is 0.902. The highest BCUT2D eigenvalue weighted by atomic mass is 16.5. The van der Waals surface area contributed by atoms with E-state index in [1.165, 1.54) is 51.4 Å². The third kappa shape index (κ3) is 3.46. The predicted molar refractivity (Wildman–Crippen MR) is 80.0 cm³/mol. The number of hydrogen-bond donors (Lipinski definition) is 1. The van der Waals surface area contributed by atoms with Crippen LogP contribution in [0, 0.1) is 0 Å². The number of hydrogen-bond acceptors (Lipinski definition) is 5.